The normalized spacial score (nSPS) is 12.0. The van der Waals surface area contributed by atoms with Crippen molar-refractivity contribution in [1.29, 1.82) is 0 Å². The number of Topliss-reactive ketones (excluding diaryl/α,β-unsaturated/α-hetero) is 1. The fourth-order valence-electron chi connectivity index (χ4n) is 3.59. The van der Waals surface area contributed by atoms with E-state index < -0.39 is 5.54 Å². The molecule has 190 valence electrons. The maximum Gasteiger partial charge on any atom is 0.214 e. The Balaban J connectivity index is 0. The minimum absolute atomic E-state index is 0.152. The quantitative estimate of drug-likeness (QED) is 0.189. The maximum atomic E-state index is 11.9. The third-order valence-electron chi connectivity index (χ3n) is 5.54. The molecule has 33 heavy (non-hydrogen) atoms. The molecule has 0 saturated heterocycles. The fraction of sp³-hybridized carbons (Fsp3) is 0.679. The Bertz CT molecular complexity index is 640. The lowest BCUT2D eigenvalue weighted by Crippen LogP contribution is -2.37. The molecule has 1 amide bonds. The number of primary amides is 1. The first kappa shape index (κ1) is 33.0. The standard InChI is InChI=1S/C13H26N2O.C13H20.C2H5NO/c1-5-7-9-13(11(3)16,10-8-6-2)15-12(4)14;1-3-4-6-9-12(2)13-10-7-5-8-11-13;1-2(3)4/h5-10H2,1-4H3,(H2,14,15);5,7-8,10-12H,3-4,6,9H2,1-2H3;1H3,(H2,3,4). The number of aliphatic imine (C=N–C) groups is 1. The topological polar surface area (TPSA) is 98.5 Å². The van der Waals surface area contributed by atoms with E-state index in [9.17, 15) is 9.59 Å². The molecule has 0 heterocycles. The molecular weight excluding hydrogens is 410 g/mol. The molecule has 0 aliphatic heterocycles. The Hall–Kier alpha value is -2.17. The van der Waals surface area contributed by atoms with E-state index in [0.29, 0.717) is 5.84 Å². The van der Waals surface area contributed by atoms with Crippen LogP contribution in [0.4, 0.5) is 0 Å². The monoisotopic (exact) mass is 461 g/mol. The summed E-state index contributed by atoms with van der Waals surface area (Å²) in [5.41, 5.74) is 11.1. The molecule has 1 atom stereocenters. The summed E-state index contributed by atoms with van der Waals surface area (Å²) in [5.74, 6) is 1.06. The number of nitrogens with zero attached hydrogens (tertiary/aromatic N) is 1. The van der Waals surface area contributed by atoms with Gasteiger partial charge in [-0.2, -0.15) is 0 Å². The molecule has 0 fully saturated rings. The molecule has 0 spiro atoms. The molecule has 5 heteroatoms. The van der Waals surface area contributed by atoms with Gasteiger partial charge >= 0.3 is 0 Å². The second-order valence-corrected chi connectivity index (χ2v) is 8.97. The number of hydrogen-bond donors (Lipinski definition) is 2. The van der Waals surface area contributed by atoms with E-state index in [-0.39, 0.29) is 11.7 Å². The summed E-state index contributed by atoms with van der Waals surface area (Å²) in [6.45, 7) is 13.5. The molecule has 5 nitrogen and oxygen atoms in total. The molecule has 0 aliphatic carbocycles. The van der Waals surface area contributed by atoms with Crippen molar-refractivity contribution in [2.24, 2.45) is 16.5 Å². The van der Waals surface area contributed by atoms with Crippen LogP contribution in [0.1, 0.15) is 124 Å². The van der Waals surface area contributed by atoms with Gasteiger partial charge in [0.1, 0.15) is 5.54 Å². The zero-order valence-corrected chi connectivity index (χ0v) is 22.5. The van der Waals surface area contributed by atoms with Crippen molar-refractivity contribution < 1.29 is 9.59 Å². The van der Waals surface area contributed by atoms with Gasteiger partial charge in [0.25, 0.3) is 0 Å². The van der Waals surface area contributed by atoms with Gasteiger partial charge in [-0.3, -0.25) is 14.6 Å². The third-order valence-corrected chi connectivity index (χ3v) is 5.54. The summed E-state index contributed by atoms with van der Waals surface area (Å²) >= 11 is 0. The predicted molar refractivity (Wildman–Crippen MR) is 144 cm³/mol. The molecule has 0 radical (unpaired) electrons. The zero-order chi connectivity index (χ0) is 25.7. The second kappa shape index (κ2) is 20.4. The van der Waals surface area contributed by atoms with Gasteiger partial charge in [-0.15, -0.1) is 0 Å². The lowest BCUT2D eigenvalue weighted by atomic mass is 9.84. The van der Waals surface area contributed by atoms with Crippen molar-refractivity contribution in [1.82, 2.24) is 0 Å². The summed E-state index contributed by atoms with van der Waals surface area (Å²) in [6, 6.07) is 10.8. The van der Waals surface area contributed by atoms with Crippen molar-refractivity contribution in [3.63, 3.8) is 0 Å². The van der Waals surface area contributed by atoms with Crippen molar-refractivity contribution in [2.75, 3.05) is 0 Å². The average molecular weight is 462 g/mol. The highest BCUT2D eigenvalue weighted by atomic mass is 16.1. The molecule has 0 aromatic heterocycles. The summed E-state index contributed by atoms with van der Waals surface area (Å²) in [4.78, 5) is 25.5. The molecule has 1 aromatic carbocycles. The van der Waals surface area contributed by atoms with Crippen LogP contribution < -0.4 is 11.5 Å². The van der Waals surface area contributed by atoms with Crippen LogP contribution in [0.3, 0.4) is 0 Å². The van der Waals surface area contributed by atoms with Crippen molar-refractivity contribution in [3.05, 3.63) is 35.9 Å². The molecule has 0 bridgehead atoms. The maximum absolute atomic E-state index is 11.9. The largest absolute Gasteiger partial charge is 0.388 e. The van der Waals surface area contributed by atoms with Crippen LogP contribution in [-0.4, -0.2) is 23.1 Å². The Morgan fingerprint density at radius 2 is 1.30 bits per heavy atom. The highest BCUT2D eigenvalue weighted by Gasteiger charge is 2.33. The Morgan fingerprint density at radius 1 is 0.848 bits per heavy atom. The lowest BCUT2D eigenvalue weighted by Gasteiger charge is -2.27. The first-order chi connectivity index (χ1) is 15.6. The smallest absolute Gasteiger partial charge is 0.214 e. The average Bonchev–Trinajstić information content (AvgIpc) is 2.76. The Morgan fingerprint density at radius 3 is 1.67 bits per heavy atom. The Kier molecular flexibility index (Phi) is 20.4. The van der Waals surface area contributed by atoms with Gasteiger partial charge in [0.2, 0.25) is 5.91 Å². The number of amides is 1. The number of benzene rings is 1. The van der Waals surface area contributed by atoms with Gasteiger partial charge in [-0.05, 0) is 44.6 Å². The van der Waals surface area contributed by atoms with Gasteiger partial charge in [0.15, 0.2) is 5.78 Å². The van der Waals surface area contributed by atoms with E-state index in [2.05, 4.69) is 68.8 Å². The van der Waals surface area contributed by atoms with Crippen LogP contribution in [-0.2, 0) is 9.59 Å². The molecular formula is C28H51N3O2. The highest BCUT2D eigenvalue weighted by Crippen LogP contribution is 2.27. The van der Waals surface area contributed by atoms with Gasteiger partial charge in [-0.1, -0.05) is 103 Å². The first-order valence-electron chi connectivity index (χ1n) is 12.7. The van der Waals surface area contributed by atoms with Crippen LogP contribution >= 0.6 is 0 Å². The SMILES string of the molecule is CC(N)=O.CCCCC(CCCC)(N=C(C)N)C(C)=O.CCCCCC(C)c1ccccc1. The fourth-order valence-corrected chi connectivity index (χ4v) is 3.59. The van der Waals surface area contributed by atoms with Gasteiger partial charge < -0.3 is 11.5 Å². The first-order valence-corrected chi connectivity index (χ1v) is 12.7. The van der Waals surface area contributed by atoms with Crippen molar-refractivity contribution >= 4 is 17.5 Å². The zero-order valence-electron chi connectivity index (χ0n) is 22.5. The number of rotatable bonds is 13. The minimum Gasteiger partial charge on any atom is -0.388 e. The van der Waals surface area contributed by atoms with Gasteiger partial charge in [0.05, 0.1) is 5.84 Å². The molecule has 1 aromatic rings. The van der Waals surface area contributed by atoms with Gasteiger partial charge in [0, 0.05) is 6.92 Å². The number of ketones is 1. The summed E-state index contributed by atoms with van der Waals surface area (Å²) in [5, 5.41) is 0. The number of carbonyl (C=O) groups is 2. The second-order valence-electron chi connectivity index (χ2n) is 8.97. The number of hydrogen-bond acceptors (Lipinski definition) is 3. The summed E-state index contributed by atoms with van der Waals surface area (Å²) in [6.07, 6.45) is 11.3. The van der Waals surface area contributed by atoms with E-state index in [1.165, 1.54) is 38.2 Å². The van der Waals surface area contributed by atoms with Gasteiger partial charge in [-0.25, -0.2) is 0 Å². The molecule has 4 N–H and O–H groups in total. The molecule has 0 aliphatic rings. The van der Waals surface area contributed by atoms with E-state index in [1.54, 1.807) is 13.8 Å². The minimum atomic E-state index is -0.551. The summed E-state index contributed by atoms with van der Waals surface area (Å²) < 4.78 is 0. The van der Waals surface area contributed by atoms with Crippen LogP contribution in [0.2, 0.25) is 0 Å². The van der Waals surface area contributed by atoms with E-state index in [4.69, 9.17) is 5.73 Å². The van der Waals surface area contributed by atoms with Crippen LogP contribution in [0.15, 0.2) is 35.3 Å². The molecule has 1 rings (SSSR count). The molecule has 0 saturated carbocycles. The third kappa shape index (κ3) is 18.0. The number of nitrogens with two attached hydrogens (primary N) is 2. The van der Waals surface area contributed by atoms with E-state index in [1.807, 2.05) is 0 Å². The van der Waals surface area contributed by atoms with E-state index >= 15 is 0 Å². The van der Waals surface area contributed by atoms with Crippen molar-refractivity contribution in [2.45, 2.75) is 124 Å². The van der Waals surface area contributed by atoms with E-state index in [0.717, 1.165) is 44.4 Å². The highest BCUT2D eigenvalue weighted by molar-refractivity contribution is 5.90. The Labute approximate surface area is 203 Å². The molecule has 1 unspecified atom stereocenters. The van der Waals surface area contributed by atoms with Crippen LogP contribution in [0.25, 0.3) is 0 Å². The summed E-state index contributed by atoms with van der Waals surface area (Å²) in [7, 11) is 0. The number of amidine groups is 1. The van der Waals surface area contributed by atoms with Crippen LogP contribution in [0, 0.1) is 0 Å². The number of carbonyl (C=O) groups excluding carboxylic acids is 2. The lowest BCUT2D eigenvalue weighted by molar-refractivity contribution is -0.122. The predicted octanol–water partition coefficient (Wildman–Crippen LogP) is 6.93. The van der Waals surface area contributed by atoms with Crippen molar-refractivity contribution in [3.8, 4) is 0 Å². The number of unbranched alkanes of at least 4 members (excludes halogenated alkanes) is 4. The van der Waals surface area contributed by atoms with Crippen LogP contribution in [0.5, 0.6) is 0 Å².